The number of fused-ring (bicyclic) bond motifs is 1. The van der Waals surface area contributed by atoms with Crippen molar-refractivity contribution < 1.29 is 0 Å². The molecule has 0 radical (unpaired) electrons. The zero-order chi connectivity index (χ0) is 14.1. The first-order valence-corrected chi connectivity index (χ1v) is 7.78. The Balaban J connectivity index is 1.77. The summed E-state index contributed by atoms with van der Waals surface area (Å²) in [6.07, 6.45) is 0. The van der Waals surface area contributed by atoms with Gasteiger partial charge in [0.2, 0.25) is 0 Å². The molecule has 0 spiro atoms. The van der Waals surface area contributed by atoms with Gasteiger partial charge in [0, 0.05) is 16.5 Å². The molecule has 0 amide bonds. The minimum absolute atomic E-state index is 1.05. The van der Waals surface area contributed by atoms with Gasteiger partial charge in [-0.25, -0.2) is 4.98 Å². The van der Waals surface area contributed by atoms with Crippen molar-refractivity contribution in [2.45, 2.75) is 0 Å². The third kappa shape index (κ3) is 2.34. The maximum atomic E-state index is 4.78. The number of aromatic nitrogens is 1. The van der Waals surface area contributed by atoms with E-state index >= 15 is 0 Å². The van der Waals surface area contributed by atoms with E-state index in [1.807, 2.05) is 18.2 Å². The Kier molecular flexibility index (Phi) is 3.02. The second kappa shape index (κ2) is 5.15. The molecule has 3 aromatic carbocycles. The zero-order valence-corrected chi connectivity index (χ0v) is 12.2. The van der Waals surface area contributed by atoms with Crippen molar-refractivity contribution in [2.24, 2.45) is 0 Å². The van der Waals surface area contributed by atoms with Gasteiger partial charge in [-0.05, 0) is 16.8 Å². The van der Waals surface area contributed by atoms with Crippen molar-refractivity contribution in [3.63, 3.8) is 0 Å². The molecule has 0 fully saturated rings. The van der Waals surface area contributed by atoms with Crippen LogP contribution >= 0.6 is 11.3 Å². The summed E-state index contributed by atoms with van der Waals surface area (Å²) in [6, 6.07) is 25.3. The van der Waals surface area contributed by atoms with Crippen LogP contribution in [0.1, 0.15) is 0 Å². The Labute approximate surface area is 127 Å². The lowest BCUT2D eigenvalue weighted by Crippen LogP contribution is -1.80. The molecule has 4 rings (SSSR count). The number of hydrogen-bond acceptors (Lipinski definition) is 2. The van der Waals surface area contributed by atoms with E-state index in [4.69, 9.17) is 4.98 Å². The average Bonchev–Trinajstić information content (AvgIpc) is 3.05. The first kappa shape index (κ1) is 12.3. The highest BCUT2D eigenvalue weighted by Gasteiger charge is 2.06. The fourth-order valence-electron chi connectivity index (χ4n) is 2.47. The second-order valence-corrected chi connectivity index (χ2v) is 5.82. The van der Waals surface area contributed by atoms with Crippen LogP contribution in [-0.2, 0) is 0 Å². The molecule has 0 aliphatic carbocycles. The van der Waals surface area contributed by atoms with Gasteiger partial charge < -0.3 is 0 Å². The maximum absolute atomic E-state index is 4.78. The van der Waals surface area contributed by atoms with Crippen LogP contribution in [0.25, 0.3) is 32.6 Å². The fourth-order valence-corrected chi connectivity index (χ4v) is 3.30. The van der Waals surface area contributed by atoms with Gasteiger partial charge in [0.05, 0.1) is 5.69 Å². The standard InChI is InChI=1S/C19H13NS/c1-2-7-15(8-3-1)19-20-18(13-21-19)17-11-10-14-6-4-5-9-16(14)12-17/h1-13H. The molecule has 0 aliphatic heterocycles. The minimum atomic E-state index is 1.05. The molecule has 2 heteroatoms. The predicted molar refractivity (Wildman–Crippen MR) is 90.5 cm³/mol. The van der Waals surface area contributed by atoms with E-state index in [1.165, 1.54) is 21.9 Å². The molecule has 1 nitrogen and oxygen atoms in total. The first-order chi connectivity index (χ1) is 10.4. The molecule has 0 bridgehead atoms. The smallest absolute Gasteiger partial charge is 0.124 e. The highest BCUT2D eigenvalue weighted by molar-refractivity contribution is 7.13. The molecule has 0 atom stereocenters. The van der Waals surface area contributed by atoms with Crippen molar-refractivity contribution >= 4 is 22.1 Å². The molecule has 100 valence electrons. The monoisotopic (exact) mass is 287 g/mol. The van der Waals surface area contributed by atoms with Gasteiger partial charge in [-0.3, -0.25) is 0 Å². The molecule has 0 aliphatic rings. The van der Waals surface area contributed by atoms with Gasteiger partial charge in [-0.15, -0.1) is 11.3 Å². The van der Waals surface area contributed by atoms with E-state index in [-0.39, 0.29) is 0 Å². The van der Waals surface area contributed by atoms with Gasteiger partial charge in [-0.1, -0.05) is 66.7 Å². The molecule has 0 unspecified atom stereocenters. The Morgan fingerprint density at radius 2 is 1.43 bits per heavy atom. The molecule has 1 aromatic heterocycles. The van der Waals surface area contributed by atoms with Crippen molar-refractivity contribution in [1.29, 1.82) is 0 Å². The van der Waals surface area contributed by atoms with Crippen LogP contribution in [0, 0.1) is 0 Å². The Hall–Kier alpha value is -2.45. The lowest BCUT2D eigenvalue weighted by atomic mass is 10.1. The summed E-state index contributed by atoms with van der Waals surface area (Å²) in [5.41, 5.74) is 3.39. The van der Waals surface area contributed by atoms with Crippen molar-refractivity contribution in [2.75, 3.05) is 0 Å². The highest BCUT2D eigenvalue weighted by atomic mass is 32.1. The van der Waals surface area contributed by atoms with Gasteiger partial charge in [0.25, 0.3) is 0 Å². The van der Waals surface area contributed by atoms with Gasteiger partial charge in [-0.2, -0.15) is 0 Å². The van der Waals surface area contributed by atoms with E-state index in [0.29, 0.717) is 0 Å². The predicted octanol–water partition coefficient (Wildman–Crippen LogP) is 5.63. The first-order valence-electron chi connectivity index (χ1n) is 6.90. The molecule has 0 saturated carbocycles. The van der Waals surface area contributed by atoms with Crippen LogP contribution < -0.4 is 0 Å². The molecule has 0 N–H and O–H groups in total. The van der Waals surface area contributed by atoms with Crippen molar-refractivity contribution in [1.82, 2.24) is 4.98 Å². The largest absolute Gasteiger partial charge is 0.236 e. The summed E-state index contributed by atoms with van der Waals surface area (Å²) in [6.45, 7) is 0. The molecular weight excluding hydrogens is 274 g/mol. The summed E-state index contributed by atoms with van der Waals surface area (Å²) in [5, 5.41) is 5.72. The van der Waals surface area contributed by atoms with Crippen LogP contribution in [0.4, 0.5) is 0 Å². The summed E-state index contributed by atoms with van der Waals surface area (Å²) in [7, 11) is 0. The fraction of sp³-hybridized carbons (Fsp3) is 0. The van der Waals surface area contributed by atoms with Gasteiger partial charge in [0.1, 0.15) is 5.01 Å². The summed E-state index contributed by atoms with van der Waals surface area (Å²) in [4.78, 5) is 4.78. The third-order valence-electron chi connectivity index (χ3n) is 3.57. The highest BCUT2D eigenvalue weighted by Crippen LogP contribution is 2.30. The van der Waals surface area contributed by atoms with E-state index in [0.717, 1.165) is 10.7 Å². The van der Waals surface area contributed by atoms with Crippen LogP contribution in [0.2, 0.25) is 0 Å². The van der Waals surface area contributed by atoms with Gasteiger partial charge in [0.15, 0.2) is 0 Å². The normalized spacial score (nSPS) is 10.9. The number of nitrogens with zero attached hydrogens (tertiary/aromatic N) is 1. The lowest BCUT2D eigenvalue weighted by molar-refractivity contribution is 1.41. The third-order valence-corrected chi connectivity index (χ3v) is 4.46. The van der Waals surface area contributed by atoms with Crippen LogP contribution in [0.3, 0.4) is 0 Å². The molecule has 21 heavy (non-hydrogen) atoms. The van der Waals surface area contributed by atoms with Crippen LogP contribution in [0.15, 0.2) is 78.2 Å². The Morgan fingerprint density at radius 3 is 2.29 bits per heavy atom. The molecule has 1 heterocycles. The van der Waals surface area contributed by atoms with E-state index in [1.54, 1.807) is 11.3 Å². The van der Waals surface area contributed by atoms with E-state index < -0.39 is 0 Å². The van der Waals surface area contributed by atoms with Crippen molar-refractivity contribution in [3.8, 4) is 21.8 Å². The van der Waals surface area contributed by atoms with E-state index in [9.17, 15) is 0 Å². The number of benzene rings is 3. The molecule has 4 aromatic rings. The average molecular weight is 287 g/mol. The number of rotatable bonds is 2. The number of hydrogen-bond donors (Lipinski definition) is 0. The van der Waals surface area contributed by atoms with Crippen molar-refractivity contribution in [3.05, 3.63) is 78.2 Å². The van der Waals surface area contributed by atoms with Crippen LogP contribution in [-0.4, -0.2) is 4.98 Å². The second-order valence-electron chi connectivity index (χ2n) is 4.97. The SMILES string of the molecule is c1ccc(-c2nc(-c3ccc4ccccc4c3)cs2)cc1. The maximum Gasteiger partial charge on any atom is 0.124 e. The topological polar surface area (TPSA) is 12.9 Å². The summed E-state index contributed by atoms with van der Waals surface area (Å²) >= 11 is 1.69. The minimum Gasteiger partial charge on any atom is -0.236 e. The molecule has 0 saturated heterocycles. The van der Waals surface area contributed by atoms with Crippen LogP contribution in [0.5, 0.6) is 0 Å². The summed E-state index contributed by atoms with van der Waals surface area (Å²) < 4.78 is 0. The zero-order valence-electron chi connectivity index (χ0n) is 11.4. The Bertz CT molecular complexity index is 894. The molecular formula is C19H13NS. The Morgan fingerprint density at radius 1 is 0.667 bits per heavy atom. The quantitative estimate of drug-likeness (QED) is 0.465. The summed E-state index contributed by atoms with van der Waals surface area (Å²) in [5.74, 6) is 0. The van der Waals surface area contributed by atoms with E-state index in [2.05, 4.69) is 60.0 Å². The lowest BCUT2D eigenvalue weighted by Gasteiger charge is -2.01. The number of thiazole rings is 1. The van der Waals surface area contributed by atoms with Gasteiger partial charge >= 0.3 is 0 Å².